The molecule has 1 unspecified atom stereocenters. The van der Waals surface area contributed by atoms with Gasteiger partial charge in [0.1, 0.15) is 0 Å². The van der Waals surface area contributed by atoms with Gasteiger partial charge >= 0.3 is 5.97 Å². The highest BCUT2D eigenvalue weighted by Crippen LogP contribution is 2.17. The molecule has 1 N–H and O–H groups in total. The summed E-state index contributed by atoms with van der Waals surface area (Å²) in [7, 11) is 1.63. The number of amides is 2. The van der Waals surface area contributed by atoms with E-state index in [1.165, 1.54) is 16.0 Å². The third-order valence-electron chi connectivity index (χ3n) is 4.83. The quantitative estimate of drug-likeness (QED) is 0.842. The maximum absolute atomic E-state index is 12.4. The van der Waals surface area contributed by atoms with Crippen LogP contribution in [-0.4, -0.2) is 59.4 Å². The third kappa shape index (κ3) is 5.58. The molecule has 2 amide bonds. The first kappa shape index (κ1) is 19.9. The number of aliphatic carboxylic acids is 1. The summed E-state index contributed by atoms with van der Waals surface area (Å²) < 4.78 is 0. The highest BCUT2D eigenvalue weighted by Gasteiger charge is 2.28. The van der Waals surface area contributed by atoms with Gasteiger partial charge < -0.3 is 14.9 Å². The maximum Gasteiger partial charge on any atom is 0.308 e. The van der Waals surface area contributed by atoms with Crippen molar-refractivity contribution in [3.8, 4) is 0 Å². The summed E-state index contributed by atoms with van der Waals surface area (Å²) in [4.78, 5) is 38.8. The summed E-state index contributed by atoms with van der Waals surface area (Å²) >= 11 is 0. The van der Waals surface area contributed by atoms with Gasteiger partial charge in [0.05, 0.1) is 12.5 Å². The second-order valence-corrected chi connectivity index (χ2v) is 7.26. The van der Waals surface area contributed by atoms with Gasteiger partial charge in [-0.25, -0.2) is 0 Å². The Morgan fingerprint density at radius 2 is 1.85 bits per heavy atom. The molecule has 26 heavy (non-hydrogen) atoms. The lowest BCUT2D eigenvalue weighted by Gasteiger charge is -2.32. The van der Waals surface area contributed by atoms with Gasteiger partial charge in [0.25, 0.3) is 0 Å². The van der Waals surface area contributed by atoms with Crippen LogP contribution in [0.5, 0.6) is 0 Å². The molecule has 0 saturated carbocycles. The molecular formula is C20H28N2O4. The van der Waals surface area contributed by atoms with E-state index in [0.29, 0.717) is 32.2 Å². The Morgan fingerprint density at radius 3 is 2.46 bits per heavy atom. The SMILES string of the molecule is Cc1cc(C)cc(CCC(=O)N(C)CC(=O)N2CCCC(C(=O)O)C2)c1. The maximum atomic E-state index is 12.4. The van der Waals surface area contributed by atoms with Gasteiger partial charge in [-0.15, -0.1) is 0 Å². The molecule has 0 radical (unpaired) electrons. The molecule has 1 heterocycles. The number of likely N-dealkylation sites (tertiary alicyclic amines) is 1. The normalized spacial score (nSPS) is 17.0. The summed E-state index contributed by atoms with van der Waals surface area (Å²) in [5, 5.41) is 9.12. The molecule has 1 aliphatic rings. The molecule has 1 atom stereocenters. The zero-order chi connectivity index (χ0) is 19.3. The first-order valence-corrected chi connectivity index (χ1v) is 9.08. The predicted molar refractivity (Wildman–Crippen MR) is 98.8 cm³/mol. The predicted octanol–water partition coefficient (Wildman–Crippen LogP) is 2.02. The smallest absolute Gasteiger partial charge is 0.308 e. The van der Waals surface area contributed by atoms with Gasteiger partial charge in [-0.2, -0.15) is 0 Å². The summed E-state index contributed by atoms with van der Waals surface area (Å²) in [6, 6.07) is 6.25. The van der Waals surface area contributed by atoms with Crippen LogP contribution in [0.15, 0.2) is 18.2 Å². The fraction of sp³-hybridized carbons (Fsp3) is 0.550. The lowest BCUT2D eigenvalue weighted by molar-refractivity contribution is -0.147. The number of rotatable bonds is 6. The standard InChI is InChI=1S/C20H28N2O4/c1-14-9-15(2)11-16(10-14)6-7-18(23)21(3)13-19(24)22-8-4-5-17(12-22)20(25)26/h9-11,17H,4-8,12-13H2,1-3H3,(H,25,26). The van der Waals surface area contributed by atoms with E-state index in [0.717, 1.165) is 5.56 Å². The third-order valence-corrected chi connectivity index (χ3v) is 4.83. The summed E-state index contributed by atoms with van der Waals surface area (Å²) in [6.45, 7) is 4.86. The molecule has 0 aliphatic carbocycles. The number of piperidine rings is 1. The van der Waals surface area contributed by atoms with Crippen LogP contribution in [0.2, 0.25) is 0 Å². The van der Waals surface area contributed by atoms with E-state index in [4.69, 9.17) is 5.11 Å². The Kier molecular flexibility index (Phi) is 6.77. The van der Waals surface area contributed by atoms with Gasteiger partial charge in [0, 0.05) is 26.6 Å². The summed E-state index contributed by atoms with van der Waals surface area (Å²) in [5.41, 5.74) is 3.47. The fourth-order valence-electron chi connectivity index (χ4n) is 3.45. The zero-order valence-electron chi connectivity index (χ0n) is 15.8. The van der Waals surface area contributed by atoms with Gasteiger partial charge in [-0.3, -0.25) is 14.4 Å². The highest BCUT2D eigenvalue weighted by atomic mass is 16.4. The molecule has 1 aromatic rings. The number of likely N-dealkylation sites (N-methyl/N-ethyl adjacent to an activating group) is 1. The van der Waals surface area contributed by atoms with Crippen molar-refractivity contribution in [1.29, 1.82) is 0 Å². The van der Waals surface area contributed by atoms with E-state index in [-0.39, 0.29) is 24.9 Å². The first-order chi connectivity index (χ1) is 12.3. The largest absolute Gasteiger partial charge is 0.481 e. The fourth-order valence-corrected chi connectivity index (χ4v) is 3.45. The minimum atomic E-state index is -0.861. The Hall–Kier alpha value is -2.37. The zero-order valence-corrected chi connectivity index (χ0v) is 15.8. The van der Waals surface area contributed by atoms with Crippen LogP contribution in [-0.2, 0) is 20.8 Å². The molecule has 0 bridgehead atoms. The van der Waals surface area contributed by atoms with Crippen molar-refractivity contribution < 1.29 is 19.5 Å². The van der Waals surface area contributed by atoms with Crippen molar-refractivity contribution in [2.24, 2.45) is 5.92 Å². The van der Waals surface area contributed by atoms with E-state index in [9.17, 15) is 14.4 Å². The summed E-state index contributed by atoms with van der Waals surface area (Å²) in [5.74, 6) is -1.62. The average Bonchev–Trinajstić information content (AvgIpc) is 2.58. The number of benzene rings is 1. The molecule has 6 nitrogen and oxygen atoms in total. The minimum Gasteiger partial charge on any atom is -0.481 e. The van der Waals surface area contributed by atoms with E-state index in [1.807, 2.05) is 13.8 Å². The molecule has 1 aromatic carbocycles. The molecule has 1 aliphatic heterocycles. The molecular weight excluding hydrogens is 332 g/mol. The second kappa shape index (κ2) is 8.83. The number of nitrogens with zero attached hydrogens (tertiary/aromatic N) is 2. The molecule has 2 rings (SSSR count). The van der Waals surface area contributed by atoms with Crippen molar-refractivity contribution in [3.05, 3.63) is 34.9 Å². The van der Waals surface area contributed by atoms with Crippen LogP contribution in [0.25, 0.3) is 0 Å². The number of hydrogen-bond donors (Lipinski definition) is 1. The van der Waals surface area contributed by atoms with Crippen LogP contribution < -0.4 is 0 Å². The van der Waals surface area contributed by atoms with Crippen molar-refractivity contribution in [1.82, 2.24) is 9.80 Å². The molecule has 142 valence electrons. The van der Waals surface area contributed by atoms with E-state index < -0.39 is 11.9 Å². The monoisotopic (exact) mass is 360 g/mol. The molecule has 0 spiro atoms. The second-order valence-electron chi connectivity index (χ2n) is 7.26. The van der Waals surface area contributed by atoms with Crippen LogP contribution in [0, 0.1) is 19.8 Å². The first-order valence-electron chi connectivity index (χ1n) is 9.08. The Labute approximate surface area is 154 Å². The lowest BCUT2D eigenvalue weighted by atomic mass is 9.98. The van der Waals surface area contributed by atoms with Crippen LogP contribution in [0.1, 0.15) is 36.0 Å². The highest BCUT2D eigenvalue weighted by molar-refractivity contribution is 5.85. The number of aryl methyl sites for hydroxylation is 3. The minimum absolute atomic E-state index is 0.00197. The number of carbonyl (C=O) groups is 3. The van der Waals surface area contributed by atoms with Crippen LogP contribution >= 0.6 is 0 Å². The van der Waals surface area contributed by atoms with Crippen molar-refractivity contribution in [2.45, 2.75) is 39.5 Å². The van der Waals surface area contributed by atoms with Gasteiger partial charge in [0.15, 0.2) is 0 Å². The Bertz CT molecular complexity index is 666. The van der Waals surface area contributed by atoms with Crippen molar-refractivity contribution in [2.75, 3.05) is 26.7 Å². The number of carboxylic acids is 1. The lowest BCUT2D eigenvalue weighted by Crippen LogP contribution is -2.46. The number of hydrogen-bond acceptors (Lipinski definition) is 3. The van der Waals surface area contributed by atoms with Crippen LogP contribution in [0.3, 0.4) is 0 Å². The number of carboxylic acid groups (broad SMARTS) is 1. The number of carbonyl (C=O) groups excluding carboxylic acids is 2. The van der Waals surface area contributed by atoms with Crippen LogP contribution in [0.4, 0.5) is 0 Å². The Balaban J connectivity index is 1.84. The molecule has 0 aromatic heterocycles. The molecule has 6 heteroatoms. The Morgan fingerprint density at radius 1 is 1.19 bits per heavy atom. The van der Waals surface area contributed by atoms with Gasteiger partial charge in [-0.1, -0.05) is 29.3 Å². The molecule has 1 saturated heterocycles. The van der Waals surface area contributed by atoms with E-state index in [1.54, 1.807) is 11.9 Å². The van der Waals surface area contributed by atoms with Gasteiger partial charge in [-0.05, 0) is 38.7 Å². The topological polar surface area (TPSA) is 77.9 Å². The molecule has 1 fully saturated rings. The van der Waals surface area contributed by atoms with Gasteiger partial charge in [0.2, 0.25) is 11.8 Å². The van der Waals surface area contributed by atoms with Crippen molar-refractivity contribution in [3.63, 3.8) is 0 Å². The van der Waals surface area contributed by atoms with E-state index in [2.05, 4.69) is 18.2 Å². The van der Waals surface area contributed by atoms with Crippen molar-refractivity contribution >= 4 is 17.8 Å². The average molecular weight is 360 g/mol. The summed E-state index contributed by atoms with van der Waals surface area (Å²) in [6.07, 6.45) is 2.28. The van der Waals surface area contributed by atoms with E-state index >= 15 is 0 Å².